The third kappa shape index (κ3) is 2.86. The number of benzene rings is 1. The molecule has 5 nitrogen and oxygen atoms in total. The van der Waals surface area contributed by atoms with Gasteiger partial charge in [0.1, 0.15) is 5.75 Å². The minimum atomic E-state index is -0.801. The second kappa shape index (κ2) is 5.30. The molecule has 1 aromatic rings. The van der Waals surface area contributed by atoms with Crippen molar-refractivity contribution in [2.24, 2.45) is 5.92 Å². The molecule has 1 amide bonds. The van der Waals surface area contributed by atoms with Crippen LogP contribution in [0, 0.1) is 12.8 Å². The lowest BCUT2D eigenvalue weighted by Gasteiger charge is -2.14. The summed E-state index contributed by atoms with van der Waals surface area (Å²) in [5.41, 5.74) is 0.964. The number of rotatable bonds is 3. The Morgan fingerprint density at radius 3 is 2.68 bits per heavy atom. The van der Waals surface area contributed by atoms with E-state index in [-0.39, 0.29) is 23.6 Å². The summed E-state index contributed by atoms with van der Waals surface area (Å²) in [5, 5.41) is 21.3. The molecule has 0 aliphatic heterocycles. The van der Waals surface area contributed by atoms with Gasteiger partial charge < -0.3 is 15.5 Å². The highest BCUT2D eigenvalue weighted by atomic mass is 16.4. The fraction of sp³-hybridized carbons (Fsp3) is 0.429. The normalized spacial score (nSPS) is 22.2. The molecule has 0 aromatic heterocycles. The van der Waals surface area contributed by atoms with Gasteiger partial charge in [-0.15, -0.1) is 0 Å². The van der Waals surface area contributed by atoms with Gasteiger partial charge in [0, 0.05) is 17.2 Å². The summed E-state index contributed by atoms with van der Waals surface area (Å²) in [4.78, 5) is 22.9. The quantitative estimate of drug-likeness (QED) is 0.774. The summed E-state index contributed by atoms with van der Waals surface area (Å²) < 4.78 is 0. The Balaban J connectivity index is 2.02. The van der Waals surface area contributed by atoms with Crippen LogP contribution in [0.15, 0.2) is 18.2 Å². The summed E-state index contributed by atoms with van der Waals surface area (Å²) in [5.74, 6) is -1.34. The lowest BCUT2D eigenvalue weighted by molar-refractivity contribution is -0.141. The number of phenols is 1. The first-order valence-electron chi connectivity index (χ1n) is 6.31. The second-order valence-electron chi connectivity index (χ2n) is 4.97. The fourth-order valence-electron chi connectivity index (χ4n) is 2.47. The van der Waals surface area contributed by atoms with Crippen molar-refractivity contribution in [3.8, 4) is 5.75 Å². The number of phenolic OH excluding ortho intramolecular Hbond substituents is 1. The van der Waals surface area contributed by atoms with E-state index in [1.165, 1.54) is 6.07 Å². The maximum Gasteiger partial charge on any atom is 0.306 e. The van der Waals surface area contributed by atoms with E-state index < -0.39 is 5.97 Å². The highest BCUT2D eigenvalue weighted by Crippen LogP contribution is 2.26. The van der Waals surface area contributed by atoms with Gasteiger partial charge in [-0.2, -0.15) is 0 Å². The van der Waals surface area contributed by atoms with Crippen molar-refractivity contribution in [1.29, 1.82) is 0 Å². The van der Waals surface area contributed by atoms with Crippen LogP contribution >= 0.6 is 0 Å². The van der Waals surface area contributed by atoms with Crippen LogP contribution in [0.2, 0.25) is 0 Å². The van der Waals surface area contributed by atoms with Crippen molar-refractivity contribution >= 4 is 11.9 Å². The zero-order valence-corrected chi connectivity index (χ0v) is 10.7. The van der Waals surface area contributed by atoms with E-state index in [9.17, 15) is 14.7 Å². The number of carboxylic acid groups (broad SMARTS) is 1. The maximum absolute atomic E-state index is 12.1. The van der Waals surface area contributed by atoms with E-state index in [2.05, 4.69) is 5.32 Å². The molecule has 1 aromatic carbocycles. The monoisotopic (exact) mass is 263 g/mol. The van der Waals surface area contributed by atoms with Crippen LogP contribution in [0.1, 0.15) is 35.2 Å². The molecule has 0 radical (unpaired) electrons. The summed E-state index contributed by atoms with van der Waals surface area (Å²) in [6.45, 7) is 1.68. The molecule has 2 rings (SSSR count). The molecule has 0 saturated heterocycles. The summed E-state index contributed by atoms with van der Waals surface area (Å²) in [6.07, 6.45) is 1.75. The Kier molecular flexibility index (Phi) is 3.74. The molecular weight excluding hydrogens is 246 g/mol. The van der Waals surface area contributed by atoms with Gasteiger partial charge in [0.05, 0.1) is 5.92 Å². The van der Waals surface area contributed by atoms with E-state index in [0.29, 0.717) is 30.4 Å². The molecule has 1 saturated carbocycles. The van der Waals surface area contributed by atoms with Gasteiger partial charge in [-0.3, -0.25) is 9.59 Å². The predicted octanol–water partition coefficient (Wildman–Crippen LogP) is 1.68. The van der Waals surface area contributed by atoms with Gasteiger partial charge >= 0.3 is 5.97 Å². The molecule has 1 aliphatic carbocycles. The number of carbonyl (C=O) groups is 2. The molecule has 0 spiro atoms. The SMILES string of the molecule is Cc1c(O)cccc1C(=O)N[C@H]1CC[C@@H](C(=O)O)C1. The van der Waals surface area contributed by atoms with Gasteiger partial charge in [0.25, 0.3) is 5.91 Å². The average molecular weight is 263 g/mol. The van der Waals surface area contributed by atoms with Crippen LogP contribution in [0.5, 0.6) is 5.75 Å². The average Bonchev–Trinajstić information content (AvgIpc) is 2.81. The third-order valence-corrected chi connectivity index (χ3v) is 3.67. The van der Waals surface area contributed by atoms with Crippen LogP contribution in [0.4, 0.5) is 0 Å². The van der Waals surface area contributed by atoms with Gasteiger partial charge in [-0.1, -0.05) is 6.07 Å². The van der Waals surface area contributed by atoms with E-state index in [4.69, 9.17) is 5.11 Å². The molecule has 5 heteroatoms. The van der Waals surface area contributed by atoms with Crippen molar-refractivity contribution in [1.82, 2.24) is 5.32 Å². The van der Waals surface area contributed by atoms with Crippen molar-refractivity contribution in [3.63, 3.8) is 0 Å². The zero-order valence-electron chi connectivity index (χ0n) is 10.7. The van der Waals surface area contributed by atoms with Crippen LogP contribution in [-0.2, 0) is 4.79 Å². The Bertz CT molecular complexity index is 512. The second-order valence-corrected chi connectivity index (χ2v) is 4.97. The van der Waals surface area contributed by atoms with Crippen molar-refractivity contribution in [3.05, 3.63) is 29.3 Å². The van der Waals surface area contributed by atoms with Crippen LogP contribution in [0.25, 0.3) is 0 Å². The third-order valence-electron chi connectivity index (χ3n) is 3.67. The summed E-state index contributed by atoms with van der Waals surface area (Å²) >= 11 is 0. The number of aromatic hydroxyl groups is 1. The Labute approximate surface area is 111 Å². The van der Waals surface area contributed by atoms with Crippen molar-refractivity contribution in [2.75, 3.05) is 0 Å². The van der Waals surface area contributed by atoms with Crippen LogP contribution in [-0.4, -0.2) is 28.1 Å². The van der Waals surface area contributed by atoms with Crippen molar-refractivity contribution < 1.29 is 19.8 Å². The molecule has 102 valence electrons. The molecule has 0 heterocycles. The van der Waals surface area contributed by atoms with Gasteiger partial charge in [0.15, 0.2) is 0 Å². The minimum absolute atomic E-state index is 0.0856. The fourth-order valence-corrected chi connectivity index (χ4v) is 2.47. The smallest absolute Gasteiger partial charge is 0.306 e. The number of hydrogen-bond acceptors (Lipinski definition) is 3. The zero-order chi connectivity index (χ0) is 14.0. The van der Waals surface area contributed by atoms with E-state index >= 15 is 0 Å². The van der Waals surface area contributed by atoms with Gasteiger partial charge in [0.2, 0.25) is 0 Å². The highest BCUT2D eigenvalue weighted by Gasteiger charge is 2.30. The van der Waals surface area contributed by atoms with Crippen LogP contribution < -0.4 is 5.32 Å². The summed E-state index contributed by atoms with van der Waals surface area (Å²) in [6, 6.07) is 4.69. The van der Waals surface area contributed by atoms with E-state index in [0.717, 1.165) is 0 Å². The molecule has 1 fully saturated rings. The number of hydrogen-bond donors (Lipinski definition) is 3. The molecule has 3 N–H and O–H groups in total. The number of nitrogens with one attached hydrogen (secondary N) is 1. The van der Waals surface area contributed by atoms with Gasteiger partial charge in [-0.05, 0) is 38.3 Å². The first kappa shape index (κ1) is 13.4. The Morgan fingerprint density at radius 2 is 2.05 bits per heavy atom. The number of aliphatic carboxylic acids is 1. The highest BCUT2D eigenvalue weighted by molar-refractivity contribution is 5.96. The molecule has 0 unspecified atom stereocenters. The molecule has 0 bridgehead atoms. The first-order valence-corrected chi connectivity index (χ1v) is 6.31. The van der Waals surface area contributed by atoms with Crippen LogP contribution in [0.3, 0.4) is 0 Å². The molecule has 1 aliphatic rings. The molecule has 2 atom stereocenters. The van der Waals surface area contributed by atoms with Gasteiger partial charge in [-0.25, -0.2) is 0 Å². The summed E-state index contributed by atoms with van der Waals surface area (Å²) in [7, 11) is 0. The Morgan fingerprint density at radius 1 is 1.32 bits per heavy atom. The number of amides is 1. The lowest BCUT2D eigenvalue weighted by Crippen LogP contribution is -2.33. The van der Waals surface area contributed by atoms with Crippen molar-refractivity contribution in [2.45, 2.75) is 32.2 Å². The largest absolute Gasteiger partial charge is 0.508 e. The predicted molar refractivity (Wildman–Crippen MR) is 69.1 cm³/mol. The molecule has 19 heavy (non-hydrogen) atoms. The first-order chi connectivity index (χ1) is 8.99. The number of carboxylic acids is 1. The minimum Gasteiger partial charge on any atom is -0.508 e. The van der Waals surface area contributed by atoms with E-state index in [1.54, 1.807) is 19.1 Å². The standard InChI is InChI=1S/C14H17NO4/c1-8-11(3-2-4-12(8)16)13(17)15-10-6-5-9(7-10)14(18)19/h2-4,9-10,16H,5-7H2,1H3,(H,15,17)(H,18,19)/t9-,10+/m1/s1. The molecular formula is C14H17NO4. The topological polar surface area (TPSA) is 86.6 Å². The maximum atomic E-state index is 12.1. The van der Waals surface area contributed by atoms with E-state index in [1.807, 2.05) is 0 Å². The number of carbonyl (C=O) groups excluding carboxylic acids is 1. The lowest BCUT2D eigenvalue weighted by atomic mass is 10.1. The Hall–Kier alpha value is -2.04.